The van der Waals surface area contributed by atoms with E-state index < -0.39 is 0 Å². The number of anilines is 3. The Morgan fingerprint density at radius 3 is 2.86 bits per heavy atom. The molecule has 0 amide bonds. The molecule has 2 heterocycles. The fourth-order valence-electron chi connectivity index (χ4n) is 6.31. The minimum atomic E-state index is -0.322. The molecule has 2 fully saturated rings. The van der Waals surface area contributed by atoms with Crippen LogP contribution in [-0.4, -0.2) is 11.2 Å². The zero-order valence-corrected chi connectivity index (χ0v) is 16.6. The average Bonchev–Trinajstić information content (AvgIpc) is 3.41. The second-order valence-corrected chi connectivity index (χ2v) is 9.69. The van der Waals surface area contributed by atoms with Gasteiger partial charge in [-0.2, -0.15) is 0 Å². The summed E-state index contributed by atoms with van der Waals surface area (Å²) in [5, 5.41) is 12.0. The Morgan fingerprint density at radius 2 is 2.03 bits per heavy atom. The molecule has 0 radical (unpaired) electrons. The van der Waals surface area contributed by atoms with Crippen LogP contribution in [0.25, 0.3) is 10.2 Å². The molecule has 0 saturated heterocycles. The molecule has 2 aliphatic carbocycles. The van der Waals surface area contributed by atoms with E-state index in [9.17, 15) is 0 Å². The van der Waals surface area contributed by atoms with Gasteiger partial charge in [0.15, 0.2) is 5.13 Å². The fourth-order valence-corrected chi connectivity index (χ4v) is 7.10. The molecule has 3 aliphatic rings. The highest BCUT2D eigenvalue weighted by Crippen LogP contribution is 2.64. The third-order valence-corrected chi connectivity index (χ3v) is 8.17. The molecule has 7 heteroatoms. The third kappa shape index (κ3) is 2.31. The molecule has 29 heavy (non-hydrogen) atoms. The lowest BCUT2D eigenvalue weighted by atomic mass is 9.67. The highest BCUT2D eigenvalue weighted by atomic mass is 32.1. The Bertz CT molecular complexity index is 1170. The van der Waals surface area contributed by atoms with Gasteiger partial charge in [-0.15, -0.1) is 0 Å². The van der Waals surface area contributed by atoms with Gasteiger partial charge in [0.05, 0.1) is 21.9 Å². The molecule has 5 atom stereocenters. The fraction of sp³-hybridized carbons (Fsp3) is 0.364. The van der Waals surface area contributed by atoms with E-state index in [0.29, 0.717) is 39.8 Å². The van der Waals surface area contributed by atoms with E-state index in [0.717, 1.165) is 21.3 Å². The van der Waals surface area contributed by atoms with E-state index in [1.54, 1.807) is 0 Å². The van der Waals surface area contributed by atoms with Crippen LogP contribution in [-0.2, 0) is 0 Å². The summed E-state index contributed by atoms with van der Waals surface area (Å²) in [6.07, 6.45) is 4.87. The quantitative estimate of drug-likeness (QED) is 0.359. The molecule has 5 nitrogen and oxygen atoms in total. The van der Waals surface area contributed by atoms with Crippen molar-refractivity contribution in [3.05, 3.63) is 46.8 Å². The van der Waals surface area contributed by atoms with E-state index in [1.165, 1.54) is 42.9 Å². The summed E-state index contributed by atoms with van der Waals surface area (Å²) >= 11 is 1.49. The summed E-state index contributed by atoms with van der Waals surface area (Å²) in [6.45, 7) is 0. The van der Waals surface area contributed by atoms with Gasteiger partial charge in [0.1, 0.15) is 5.82 Å². The van der Waals surface area contributed by atoms with Crippen molar-refractivity contribution in [2.24, 2.45) is 17.8 Å². The Balaban J connectivity index is 1.55. The molecule has 0 spiro atoms. The maximum atomic E-state index is 15.1. The van der Waals surface area contributed by atoms with Crippen molar-refractivity contribution in [2.45, 2.75) is 31.2 Å². The van der Waals surface area contributed by atoms with Gasteiger partial charge in [0.25, 0.3) is 0 Å². The van der Waals surface area contributed by atoms with Crippen LogP contribution in [0, 0.1) is 29.0 Å². The number of nitrogens with two attached hydrogens (primary N) is 2. The van der Waals surface area contributed by atoms with Crippen LogP contribution >= 0.6 is 11.3 Å². The number of hydrogen-bond donors (Lipinski definition) is 4. The molecule has 148 valence electrons. The summed E-state index contributed by atoms with van der Waals surface area (Å²) in [5.74, 6) is 1.45. The minimum absolute atomic E-state index is 0.0345. The van der Waals surface area contributed by atoms with Crippen molar-refractivity contribution in [1.82, 2.24) is 4.98 Å². The standard InChI is InChI=1S/C22H22FN5S/c23-13-7-14(25)12(8-24)19-17-9-1-2-10(5-9)18(17)20(28-21(13)19)11-3-4-15-16(6-11)29-22(26)27-15/h3-4,6-10,17-18,20,24,28H,1-2,5,25H2,(H2,26,27)/t9?,10?,17?,18-,20+/m1/s1. The van der Waals surface area contributed by atoms with Crippen LogP contribution in [0.2, 0.25) is 0 Å². The Morgan fingerprint density at radius 1 is 1.21 bits per heavy atom. The Hall–Kier alpha value is -2.67. The van der Waals surface area contributed by atoms with Crippen molar-refractivity contribution in [1.29, 1.82) is 5.41 Å². The first-order chi connectivity index (χ1) is 14.0. The largest absolute Gasteiger partial charge is 0.398 e. The molecule has 3 aromatic rings. The molecule has 1 aliphatic heterocycles. The van der Waals surface area contributed by atoms with Gasteiger partial charge in [-0.1, -0.05) is 17.4 Å². The monoisotopic (exact) mass is 407 g/mol. The van der Waals surface area contributed by atoms with Crippen LogP contribution in [0.5, 0.6) is 0 Å². The van der Waals surface area contributed by atoms with Crippen LogP contribution in [0.1, 0.15) is 47.9 Å². The average molecular weight is 408 g/mol. The first kappa shape index (κ1) is 17.2. The van der Waals surface area contributed by atoms with Crippen LogP contribution < -0.4 is 16.8 Å². The van der Waals surface area contributed by atoms with Gasteiger partial charge >= 0.3 is 0 Å². The first-order valence-corrected chi connectivity index (χ1v) is 10.9. The van der Waals surface area contributed by atoms with Crippen LogP contribution in [0.4, 0.5) is 20.9 Å². The Kier molecular flexibility index (Phi) is 3.51. The van der Waals surface area contributed by atoms with Gasteiger partial charge in [-0.05, 0) is 72.3 Å². The number of halogens is 1. The lowest BCUT2D eigenvalue weighted by molar-refractivity contribution is 0.246. The zero-order chi connectivity index (χ0) is 19.9. The smallest absolute Gasteiger partial charge is 0.181 e. The van der Waals surface area contributed by atoms with Gasteiger partial charge in [0, 0.05) is 17.5 Å². The molecule has 2 saturated carbocycles. The highest BCUT2D eigenvalue weighted by molar-refractivity contribution is 7.22. The number of fused-ring (bicyclic) bond motifs is 8. The summed E-state index contributed by atoms with van der Waals surface area (Å²) in [5.41, 5.74) is 16.6. The van der Waals surface area contributed by atoms with E-state index in [-0.39, 0.29) is 17.8 Å². The van der Waals surface area contributed by atoms with Gasteiger partial charge in [0.2, 0.25) is 0 Å². The zero-order valence-electron chi connectivity index (χ0n) is 15.8. The lowest BCUT2D eigenvalue weighted by Gasteiger charge is -2.44. The maximum Gasteiger partial charge on any atom is 0.181 e. The number of nitrogen functional groups attached to an aromatic ring is 2. The first-order valence-electron chi connectivity index (χ1n) is 10.1. The van der Waals surface area contributed by atoms with Crippen molar-refractivity contribution in [3.63, 3.8) is 0 Å². The van der Waals surface area contributed by atoms with Crippen molar-refractivity contribution < 1.29 is 4.39 Å². The van der Waals surface area contributed by atoms with E-state index >= 15 is 4.39 Å². The molecular formula is C22H22FN5S. The molecule has 6 N–H and O–H groups in total. The molecule has 2 aromatic carbocycles. The summed E-state index contributed by atoms with van der Waals surface area (Å²) in [7, 11) is 0. The second kappa shape index (κ2) is 5.92. The van der Waals surface area contributed by atoms with Gasteiger partial charge in [-0.25, -0.2) is 9.37 Å². The normalized spacial score (nSPS) is 29.5. The number of rotatable bonds is 2. The van der Waals surface area contributed by atoms with Crippen LogP contribution in [0.15, 0.2) is 24.3 Å². The van der Waals surface area contributed by atoms with Crippen molar-refractivity contribution >= 4 is 44.3 Å². The summed E-state index contributed by atoms with van der Waals surface area (Å²) in [6, 6.07) is 7.65. The predicted molar refractivity (Wildman–Crippen MR) is 116 cm³/mol. The number of nitrogens with one attached hydrogen (secondary N) is 2. The van der Waals surface area contributed by atoms with Gasteiger partial charge in [-0.3, -0.25) is 0 Å². The molecule has 6 rings (SSSR count). The van der Waals surface area contributed by atoms with Crippen molar-refractivity contribution in [3.8, 4) is 0 Å². The summed E-state index contributed by atoms with van der Waals surface area (Å²) in [4.78, 5) is 4.36. The lowest BCUT2D eigenvalue weighted by Crippen LogP contribution is -2.36. The number of benzene rings is 2. The highest BCUT2D eigenvalue weighted by Gasteiger charge is 2.55. The predicted octanol–water partition coefficient (Wildman–Crippen LogP) is 4.89. The van der Waals surface area contributed by atoms with E-state index in [1.807, 2.05) is 6.07 Å². The second-order valence-electron chi connectivity index (χ2n) is 8.63. The topological polar surface area (TPSA) is 101 Å². The van der Waals surface area contributed by atoms with Crippen LogP contribution in [0.3, 0.4) is 0 Å². The minimum Gasteiger partial charge on any atom is -0.398 e. The van der Waals surface area contributed by atoms with Crippen molar-refractivity contribution in [2.75, 3.05) is 16.8 Å². The van der Waals surface area contributed by atoms with E-state index in [4.69, 9.17) is 16.9 Å². The number of hydrogen-bond acceptors (Lipinski definition) is 6. The third-order valence-electron chi connectivity index (χ3n) is 7.32. The SMILES string of the molecule is N=Cc1c(N)cc(F)c2c1C1C3CCC(C3)[C@H]1[C@H](c1ccc3nc(N)sc3c1)N2. The molecule has 3 unspecified atom stereocenters. The summed E-state index contributed by atoms with van der Waals surface area (Å²) < 4.78 is 16.1. The molecule has 1 aromatic heterocycles. The molecular weight excluding hydrogens is 385 g/mol. The van der Waals surface area contributed by atoms with Gasteiger partial charge < -0.3 is 22.2 Å². The number of nitrogens with zero attached hydrogens (tertiary/aromatic N) is 1. The maximum absolute atomic E-state index is 15.1. The number of thiazole rings is 1. The van der Waals surface area contributed by atoms with E-state index in [2.05, 4.69) is 22.4 Å². The molecule has 2 bridgehead atoms. The number of aromatic nitrogens is 1. The Labute approximate surface area is 171 Å².